The van der Waals surface area contributed by atoms with E-state index in [1.165, 1.54) is 30.2 Å². The number of carboxylic acids is 1. The second kappa shape index (κ2) is 14.1. The molecule has 2 aromatic carbocycles. The number of fused-ring (bicyclic) bond motifs is 1. The number of esters is 1. The Morgan fingerprint density at radius 3 is 2.35 bits per heavy atom. The SMILES string of the molecule is CCC(Sc1cccc(NC(=O)c2c(Cl)c(Cl)c(Cl)c(Cl)c2C(=O)O)c1)C(=O)Nc1sc2c(c1C(=O)OC)CCC(C)C2. The van der Waals surface area contributed by atoms with E-state index in [1.807, 2.05) is 6.92 Å². The molecule has 1 aliphatic rings. The average molecular weight is 704 g/mol. The van der Waals surface area contributed by atoms with Crippen molar-refractivity contribution >= 4 is 104 Å². The number of carbonyl (C=O) groups excluding carboxylic acids is 3. The number of aromatic carboxylic acids is 1. The van der Waals surface area contributed by atoms with Crippen molar-refractivity contribution in [3.63, 3.8) is 0 Å². The monoisotopic (exact) mass is 702 g/mol. The van der Waals surface area contributed by atoms with Gasteiger partial charge in [-0.25, -0.2) is 9.59 Å². The number of anilines is 2. The van der Waals surface area contributed by atoms with Gasteiger partial charge in [-0.2, -0.15) is 0 Å². The number of methoxy groups -OCH3 is 1. The first-order valence-corrected chi connectivity index (χ1v) is 16.3. The van der Waals surface area contributed by atoms with Crippen LogP contribution < -0.4 is 10.6 Å². The van der Waals surface area contributed by atoms with E-state index in [0.29, 0.717) is 33.5 Å². The van der Waals surface area contributed by atoms with Gasteiger partial charge >= 0.3 is 11.9 Å². The Morgan fingerprint density at radius 2 is 1.72 bits per heavy atom. The van der Waals surface area contributed by atoms with Crippen LogP contribution in [0, 0.1) is 5.92 Å². The maximum Gasteiger partial charge on any atom is 0.341 e. The highest BCUT2D eigenvalue weighted by molar-refractivity contribution is 8.00. The van der Waals surface area contributed by atoms with Crippen molar-refractivity contribution in [2.75, 3.05) is 17.7 Å². The molecule has 0 spiro atoms. The lowest BCUT2D eigenvalue weighted by atomic mass is 9.88. The average Bonchev–Trinajstić information content (AvgIpc) is 3.32. The van der Waals surface area contributed by atoms with Crippen molar-refractivity contribution in [3.05, 3.63) is 71.5 Å². The minimum atomic E-state index is -1.51. The Bertz CT molecular complexity index is 1630. The summed E-state index contributed by atoms with van der Waals surface area (Å²) in [6.07, 6.45) is 3.04. The quantitative estimate of drug-likeness (QED) is 0.0882. The van der Waals surface area contributed by atoms with Crippen LogP contribution in [0.2, 0.25) is 20.1 Å². The number of thioether (sulfide) groups is 1. The molecule has 0 saturated carbocycles. The summed E-state index contributed by atoms with van der Waals surface area (Å²) >= 11 is 27.0. The highest BCUT2D eigenvalue weighted by Gasteiger charge is 2.31. The Hall–Kier alpha value is -2.47. The van der Waals surface area contributed by atoms with E-state index in [0.717, 1.165) is 29.7 Å². The number of carboxylic acid groups (broad SMARTS) is 1. The first-order chi connectivity index (χ1) is 20.4. The number of nitrogens with one attached hydrogen (secondary N) is 2. The van der Waals surface area contributed by atoms with Gasteiger partial charge in [-0.1, -0.05) is 66.3 Å². The molecular weight excluding hydrogens is 678 g/mol. The topological polar surface area (TPSA) is 122 Å². The Labute approximate surface area is 276 Å². The number of hydrogen-bond acceptors (Lipinski definition) is 7. The van der Waals surface area contributed by atoms with E-state index in [1.54, 1.807) is 24.3 Å². The molecule has 1 heterocycles. The molecule has 14 heteroatoms. The predicted octanol–water partition coefficient (Wildman–Crippen LogP) is 8.73. The van der Waals surface area contributed by atoms with E-state index < -0.39 is 39.2 Å². The van der Waals surface area contributed by atoms with Crippen molar-refractivity contribution < 1.29 is 29.0 Å². The van der Waals surface area contributed by atoms with Crippen LogP contribution in [0.1, 0.15) is 68.2 Å². The number of halogens is 4. The summed E-state index contributed by atoms with van der Waals surface area (Å²) in [7, 11) is 1.33. The molecular formula is C29H26Cl4N2O6S2. The van der Waals surface area contributed by atoms with Crippen molar-refractivity contribution in [1.29, 1.82) is 0 Å². The molecule has 3 aromatic rings. The van der Waals surface area contributed by atoms with Gasteiger partial charge in [-0.05, 0) is 55.4 Å². The zero-order valence-corrected chi connectivity index (χ0v) is 27.8. The van der Waals surface area contributed by atoms with Crippen LogP contribution in [0.25, 0.3) is 0 Å². The summed E-state index contributed by atoms with van der Waals surface area (Å²) in [5.74, 6) is -2.62. The minimum absolute atomic E-state index is 0.249. The normalized spacial score (nSPS) is 14.9. The maximum absolute atomic E-state index is 13.4. The van der Waals surface area contributed by atoms with E-state index >= 15 is 0 Å². The molecule has 2 atom stereocenters. The minimum Gasteiger partial charge on any atom is -0.478 e. The molecule has 1 aliphatic carbocycles. The third-order valence-electron chi connectivity index (χ3n) is 6.88. The van der Waals surface area contributed by atoms with Gasteiger partial charge in [0.25, 0.3) is 5.91 Å². The van der Waals surface area contributed by atoms with Gasteiger partial charge in [0.05, 0.1) is 49.1 Å². The lowest BCUT2D eigenvalue weighted by Gasteiger charge is -2.18. The molecule has 4 rings (SSSR count). The molecule has 8 nitrogen and oxygen atoms in total. The maximum atomic E-state index is 13.4. The molecule has 0 bridgehead atoms. The number of thiophene rings is 1. The summed E-state index contributed by atoms with van der Waals surface area (Å²) in [6.45, 7) is 4.03. The van der Waals surface area contributed by atoms with Crippen molar-refractivity contribution in [3.8, 4) is 0 Å². The van der Waals surface area contributed by atoms with Gasteiger partial charge in [0.1, 0.15) is 5.00 Å². The fraction of sp³-hybridized carbons (Fsp3) is 0.310. The van der Waals surface area contributed by atoms with Crippen LogP contribution >= 0.6 is 69.5 Å². The van der Waals surface area contributed by atoms with Crippen LogP contribution in [-0.2, 0) is 22.4 Å². The molecule has 0 saturated heterocycles. The molecule has 0 radical (unpaired) electrons. The zero-order valence-electron chi connectivity index (χ0n) is 23.1. The van der Waals surface area contributed by atoms with Crippen LogP contribution in [0.3, 0.4) is 0 Å². The molecule has 0 aliphatic heterocycles. The molecule has 0 fully saturated rings. The van der Waals surface area contributed by atoms with Gasteiger partial charge in [0, 0.05) is 15.5 Å². The van der Waals surface area contributed by atoms with Crippen LogP contribution in [0.15, 0.2) is 29.2 Å². The summed E-state index contributed by atoms with van der Waals surface area (Å²) in [4.78, 5) is 52.9. The van der Waals surface area contributed by atoms with Crippen molar-refractivity contribution in [2.24, 2.45) is 5.92 Å². The van der Waals surface area contributed by atoms with Gasteiger partial charge in [0.15, 0.2) is 0 Å². The number of carbonyl (C=O) groups is 4. The predicted molar refractivity (Wildman–Crippen MR) is 173 cm³/mol. The Kier molecular flexibility index (Phi) is 11.0. The fourth-order valence-electron chi connectivity index (χ4n) is 4.72. The van der Waals surface area contributed by atoms with E-state index in [-0.39, 0.29) is 21.0 Å². The van der Waals surface area contributed by atoms with Crippen molar-refractivity contribution in [1.82, 2.24) is 0 Å². The fourth-order valence-corrected chi connectivity index (χ4v) is 8.16. The molecule has 2 unspecified atom stereocenters. The highest BCUT2D eigenvalue weighted by Crippen LogP contribution is 2.43. The molecule has 1 aromatic heterocycles. The standard InChI is InChI=1S/C29H26Cl4N2O6S2/c1-4-16(25(36)35-27-18(29(40)41-3)15-9-8-12(2)10-17(15)43-27)42-14-7-5-6-13(11-14)34-26(37)19-20(28(38)39)22(31)24(33)23(32)21(19)30/h5-7,11-12,16H,4,8-10H2,1-3H3,(H,34,37)(H,35,36)(H,38,39). The molecule has 43 heavy (non-hydrogen) atoms. The summed E-state index contributed by atoms with van der Waals surface area (Å²) in [6, 6.07) is 6.67. The van der Waals surface area contributed by atoms with Crippen LogP contribution in [0.4, 0.5) is 10.7 Å². The third-order valence-corrected chi connectivity index (χ3v) is 11.2. The molecule has 2 amide bonds. The molecule has 228 valence electrons. The van der Waals surface area contributed by atoms with Gasteiger partial charge < -0.3 is 20.5 Å². The number of ether oxygens (including phenoxy) is 1. The summed E-state index contributed by atoms with van der Waals surface area (Å²) in [5.41, 5.74) is 0.667. The Morgan fingerprint density at radius 1 is 1.05 bits per heavy atom. The van der Waals surface area contributed by atoms with Gasteiger partial charge in [-0.3, -0.25) is 9.59 Å². The highest BCUT2D eigenvalue weighted by atomic mass is 35.5. The van der Waals surface area contributed by atoms with Crippen LogP contribution in [-0.4, -0.2) is 41.2 Å². The number of rotatable bonds is 9. The summed E-state index contributed by atoms with van der Waals surface area (Å²) < 4.78 is 5.03. The second-order valence-electron chi connectivity index (χ2n) is 9.84. The first kappa shape index (κ1) is 33.4. The lowest BCUT2D eigenvalue weighted by molar-refractivity contribution is -0.115. The smallest absolute Gasteiger partial charge is 0.341 e. The first-order valence-electron chi connectivity index (χ1n) is 13.1. The third kappa shape index (κ3) is 7.10. The number of amides is 2. The van der Waals surface area contributed by atoms with Gasteiger partial charge in [0.2, 0.25) is 5.91 Å². The van der Waals surface area contributed by atoms with Crippen LogP contribution in [0.5, 0.6) is 0 Å². The van der Waals surface area contributed by atoms with Crippen molar-refractivity contribution in [2.45, 2.75) is 49.7 Å². The lowest BCUT2D eigenvalue weighted by Crippen LogP contribution is -2.25. The molecule has 3 N–H and O–H groups in total. The van der Waals surface area contributed by atoms with E-state index in [9.17, 15) is 24.3 Å². The Balaban J connectivity index is 1.54. The zero-order chi connectivity index (χ0) is 31.6. The largest absolute Gasteiger partial charge is 0.478 e. The summed E-state index contributed by atoms with van der Waals surface area (Å²) in [5, 5.41) is 13.9. The number of hydrogen-bond donors (Lipinski definition) is 3. The second-order valence-corrected chi connectivity index (χ2v) is 13.7. The van der Waals surface area contributed by atoms with E-state index in [4.69, 9.17) is 51.1 Å². The van der Waals surface area contributed by atoms with E-state index in [2.05, 4.69) is 17.6 Å². The van der Waals surface area contributed by atoms with Gasteiger partial charge in [-0.15, -0.1) is 23.1 Å². The number of benzene rings is 2.